The standard InChI is InChI=1S/C11H9NO2/c13-7-11(14)9-5-6-12-10-4-2-1-3-8(9)10/h1-5,7,12H,6H2. The molecule has 0 aliphatic carbocycles. The highest BCUT2D eigenvalue weighted by Crippen LogP contribution is 2.26. The van der Waals surface area contributed by atoms with Crippen molar-refractivity contribution in [2.45, 2.75) is 0 Å². The van der Waals surface area contributed by atoms with Gasteiger partial charge in [0.25, 0.3) is 0 Å². The zero-order valence-electron chi connectivity index (χ0n) is 7.49. The van der Waals surface area contributed by atoms with Gasteiger partial charge in [0.1, 0.15) is 0 Å². The number of para-hydroxylation sites is 1. The summed E-state index contributed by atoms with van der Waals surface area (Å²) >= 11 is 0. The van der Waals surface area contributed by atoms with Gasteiger partial charge in [-0.3, -0.25) is 9.59 Å². The van der Waals surface area contributed by atoms with Crippen molar-refractivity contribution in [3.8, 4) is 0 Å². The van der Waals surface area contributed by atoms with Gasteiger partial charge in [-0.05, 0) is 6.07 Å². The highest BCUT2D eigenvalue weighted by molar-refractivity contribution is 6.46. The Labute approximate surface area is 81.4 Å². The van der Waals surface area contributed by atoms with Crippen LogP contribution >= 0.6 is 0 Å². The van der Waals surface area contributed by atoms with Gasteiger partial charge in [-0.15, -0.1) is 0 Å². The van der Waals surface area contributed by atoms with Crippen LogP contribution in [-0.4, -0.2) is 18.6 Å². The largest absolute Gasteiger partial charge is 0.381 e. The molecule has 14 heavy (non-hydrogen) atoms. The van der Waals surface area contributed by atoms with Crippen LogP contribution in [0.4, 0.5) is 5.69 Å². The maximum absolute atomic E-state index is 11.3. The molecule has 0 fully saturated rings. The minimum Gasteiger partial charge on any atom is -0.381 e. The number of nitrogens with one attached hydrogen (secondary N) is 1. The van der Waals surface area contributed by atoms with Crippen molar-refractivity contribution in [2.75, 3.05) is 11.9 Å². The quantitative estimate of drug-likeness (QED) is 0.560. The first-order chi connectivity index (χ1) is 6.83. The molecular formula is C11H9NO2. The fourth-order valence-electron chi connectivity index (χ4n) is 1.54. The summed E-state index contributed by atoms with van der Waals surface area (Å²) < 4.78 is 0. The first-order valence-corrected chi connectivity index (χ1v) is 4.36. The molecule has 3 nitrogen and oxygen atoms in total. The van der Waals surface area contributed by atoms with E-state index < -0.39 is 5.78 Å². The van der Waals surface area contributed by atoms with Crippen molar-refractivity contribution in [1.82, 2.24) is 0 Å². The van der Waals surface area contributed by atoms with Crippen molar-refractivity contribution in [2.24, 2.45) is 0 Å². The van der Waals surface area contributed by atoms with Gasteiger partial charge >= 0.3 is 0 Å². The molecule has 0 amide bonds. The lowest BCUT2D eigenvalue weighted by Gasteiger charge is -2.16. The van der Waals surface area contributed by atoms with Crippen molar-refractivity contribution >= 4 is 23.3 Å². The van der Waals surface area contributed by atoms with Crippen molar-refractivity contribution < 1.29 is 9.59 Å². The SMILES string of the molecule is O=CC(=O)C1=CCNc2ccccc21. The Morgan fingerprint density at radius 1 is 1.36 bits per heavy atom. The number of carbonyl (C=O) groups is 2. The second kappa shape index (κ2) is 3.46. The summed E-state index contributed by atoms with van der Waals surface area (Å²) in [5.41, 5.74) is 2.20. The van der Waals surface area contributed by atoms with Gasteiger partial charge in [0.05, 0.1) is 0 Å². The number of hydrogen-bond donors (Lipinski definition) is 1. The van der Waals surface area contributed by atoms with Crippen molar-refractivity contribution in [3.05, 3.63) is 35.9 Å². The molecule has 0 unspecified atom stereocenters. The molecule has 1 aliphatic rings. The average Bonchev–Trinajstić information content (AvgIpc) is 2.27. The highest BCUT2D eigenvalue weighted by atomic mass is 16.2. The number of anilines is 1. The summed E-state index contributed by atoms with van der Waals surface area (Å²) in [6.45, 7) is 0.589. The van der Waals surface area contributed by atoms with E-state index in [0.29, 0.717) is 18.4 Å². The van der Waals surface area contributed by atoms with Crippen LogP contribution in [0.25, 0.3) is 5.57 Å². The lowest BCUT2D eigenvalue weighted by atomic mass is 9.97. The molecule has 2 rings (SSSR count). The molecule has 0 saturated heterocycles. The van der Waals surface area contributed by atoms with E-state index in [1.54, 1.807) is 6.08 Å². The van der Waals surface area contributed by atoms with E-state index in [1.165, 1.54) is 0 Å². The second-order valence-corrected chi connectivity index (χ2v) is 3.03. The summed E-state index contributed by atoms with van der Waals surface area (Å²) in [6.07, 6.45) is 2.09. The number of allylic oxidation sites excluding steroid dienone is 1. The molecule has 0 bridgehead atoms. The molecule has 0 spiro atoms. The summed E-state index contributed by atoms with van der Waals surface area (Å²) in [7, 11) is 0. The molecule has 0 aromatic heterocycles. The monoisotopic (exact) mass is 187 g/mol. The zero-order valence-corrected chi connectivity index (χ0v) is 7.49. The normalized spacial score (nSPS) is 13.6. The minimum absolute atomic E-state index is 0.355. The molecule has 0 atom stereocenters. The van der Waals surface area contributed by atoms with E-state index in [2.05, 4.69) is 5.32 Å². The van der Waals surface area contributed by atoms with Crippen LogP contribution < -0.4 is 5.32 Å². The van der Waals surface area contributed by atoms with Crippen LogP contribution in [-0.2, 0) is 9.59 Å². The van der Waals surface area contributed by atoms with Gasteiger partial charge < -0.3 is 5.32 Å². The molecule has 1 aromatic carbocycles. The Balaban J connectivity index is 2.50. The van der Waals surface area contributed by atoms with Gasteiger partial charge in [-0.2, -0.15) is 0 Å². The van der Waals surface area contributed by atoms with Gasteiger partial charge in [0.2, 0.25) is 5.78 Å². The first-order valence-electron chi connectivity index (χ1n) is 4.36. The Morgan fingerprint density at radius 3 is 2.93 bits per heavy atom. The molecule has 70 valence electrons. The van der Waals surface area contributed by atoms with Gasteiger partial charge in [0.15, 0.2) is 6.29 Å². The number of rotatable bonds is 2. The molecule has 3 heteroatoms. The summed E-state index contributed by atoms with van der Waals surface area (Å²) in [6, 6.07) is 7.45. The van der Waals surface area contributed by atoms with Crippen LogP contribution in [0.2, 0.25) is 0 Å². The van der Waals surface area contributed by atoms with Gasteiger partial charge in [0, 0.05) is 23.4 Å². The number of benzene rings is 1. The van der Waals surface area contributed by atoms with Gasteiger partial charge in [-0.25, -0.2) is 0 Å². The number of ketones is 1. The number of Topliss-reactive ketones (excluding diaryl/α,β-unsaturated/α-hetero) is 1. The Kier molecular flexibility index (Phi) is 2.14. The van der Waals surface area contributed by atoms with Crippen molar-refractivity contribution in [1.29, 1.82) is 0 Å². The fraction of sp³-hybridized carbons (Fsp3) is 0.0909. The van der Waals surface area contributed by atoms with Crippen LogP contribution in [0.5, 0.6) is 0 Å². The topological polar surface area (TPSA) is 46.2 Å². The number of hydrogen-bond acceptors (Lipinski definition) is 3. The molecule has 1 heterocycles. The lowest BCUT2D eigenvalue weighted by Crippen LogP contribution is -2.13. The molecule has 0 saturated carbocycles. The molecular weight excluding hydrogens is 178 g/mol. The Morgan fingerprint density at radius 2 is 2.14 bits per heavy atom. The van der Waals surface area contributed by atoms with Crippen LogP contribution in [0.3, 0.4) is 0 Å². The number of aldehydes is 1. The molecule has 1 N–H and O–H groups in total. The summed E-state index contributed by atoms with van der Waals surface area (Å²) in [5, 5.41) is 3.13. The third kappa shape index (κ3) is 1.33. The second-order valence-electron chi connectivity index (χ2n) is 3.03. The maximum atomic E-state index is 11.3. The Bertz CT molecular complexity index is 421. The lowest BCUT2D eigenvalue weighted by molar-refractivity contribution is -0.126. The van der Waals surface area contributed by atoms with E-state index in [9.17, 15) is 9.59 Å². The predicted molar refractivity (Wildman–Crippen MR) is 54.0 cm³/mol. The number of carbonyl (C=O) groups excluding carboxylic acids is 2. The van der Waals surface area contributed by atoms with E-state index in [4.69, 9.17) is 0 Å². The summed E-state index contributed by atoms with van der Waals surface area (Å²) in [4.78, 5) is 21.7. The zero-order chi connectivity index (χ0) is 9.97. The first kappa shape index (κ1) is 8.69. The highest BCUT2D eigenvalue weighted by Gasteiger charge is 2.16. The van der Waals surface area contributed by atoms with Crippen molar-refractivity contribution in [3.63, 3.8) is 0 Å². The third-order valence-corrected chi connectivity index (χ3v) is 2.19. The number of fused-ring (bicyclic) bond motifs is 1. The van der Waals surface area contributed by atoms with E-state index in [0.717, 1.165) is 11.3 Å². The third-order valence-electron chi connectivity index (χ3n) is 2.19. The smallest absolute Gasteiger partial charge is 0.225 e. The van der Waals surface area contributed by atoms with E-state index in [-0.39, 0.29) is 0 Å². The van der Waals surface area contributed by atoms with Crippen LogP contribution in [0.1, 0.15) is 5.56 Å². The fourth-order valence-corrected chi connectivity index (χ4v) is 1.54. The van der Waals surface area contributed by atoms with Crippen LogP contribution in [0.15, 0.2) is 30.3 Å². The maximum Gasteiger partial charge on any atom is 0.225 e. The summed E-state index contributed by atoms with van der Waals surface area (Å²) in [5.74, 6) is -0.459. The average molecular weight is 187 g/mol. The van der Waals surface area contributed by atoms with Gasteiger partial charge in [-0.1, -0.05) is 24.3 Å². The Hall–Kier alpha value is -1.90. The van der Waals surface area contributed by atoms with E-state index in [1.807, 2.05) is 24.3 Å². The van der Waals surface area contributed by atoms with Crippen LogP contribution in [0, 0.1) is 0 Å². The predicted octanol–water partition coefficient (Wildman–Crippen LogP) is 1.26. The minimum atomic E-state index is -0.459. The van der Waals surface area contributed by atoms with E-state index >= 15 is 0 Å². The molecule has 0 radical (unpaired) electrons. The molecule has 1 aromatic rings. The molecule has 1 aliphatic heterocycles.